The minimum atomic E-state index is -0.359. The molecule has 16 heavy (non-hydrogen) atoms. The zero-order valence-corrected chi connectivity index (χ0v) is 11.2. The largest absolute Gasteiger partial charge is 0.339 e. The van der Waals surface area contributed by atoms with Crippen LogP contribution in [0.2, 0.25) is 0 Å². The molecule has 1 atom stereocenters. The van der Waals surface area contributed by atoms with Crippen molar-refractivity contribution < 1.29 is 9.18 Å². The van der Waals surface area contributed by atoms with Crippen LogP contribution in [0.4, 0.5) is 4.39 Å². The van der Waals surface area contributed by atoms with Crippen LogP contribution in [0.3, 0.4) is 0 Å². The number of nitrogens with zero attached hydrogens (tertiary/aromatic N) is 1. The maximum Gasteiger partial charge on any atom is 0.253 e. The van der Waals surface area contributed by atoms with Gasteiger partial charge in [0.25, 0.3) is 5.91 Å². The second-order valence-electron chi connectivity index (χ2n) is 3.80. The molecule has 1 aromatic rings. The van der Waals surface area contributed by atoms with E-state index in [4.69, 9.17) is 0 Å². The lowest BCUT2D eigenvalue weighted by Gasteiger charge is -2.23. The Morgan fingerprint density at radius 2 is 2.19 bits per heavy atom. The van der Waals surface area contributed by atoms with Gasteiger partial charge in [-0.2, -0.15) is 0 Å². The van der Waals surface area contributed by atoms with Gasteiger partial charge in [0.05, 0.1) is 4.47 Å². The van der Waals surface area contributed by atoms with E-state index in [-0.39, 0.29) is 17.8 Å². The maximum absolute atomic E-state index is 13.0. The first-order chi connectivity index (χ1) is 7.47. The Morgan fingerprint density at radius 3 is 2.69 bits per heavy atom. The fraction of sp³-hybridized carbons (Fsp3) is 0.417. The van der Waals surface area contributed by atoms with Crippen molar-refractivity contribution >= 4 is 21.8 Å². The summed E-state index contributed by atoms with van der Waals surface area (Å²) in [4.78, 5) is 13.7. The quantitative estimate of drug-likeness (QED) is 0.834. The van der Waals surface area contributed by atoms with Gasteiger partial charge in [-0.05, 0) is 47.5 Å². The van der Waals surface area contributed by atoms with Crippen LogP contribution in [0.15, 0.2) is 22.7 Å². The van der Waals surface area contributed by atoms with E-state index in [1.54, 1.807) is 11.9 Å². The second-order valence-corrected chi connectivity index (χ2v) is 4.66. The van der Waals surface area contributed by atoms with Gasteiger partial charge in [0.1, 0.15) is 5.82 Å². The smallest absolute Gasteiger partial charge is 0.253 e. The van der Waals surface area contributed by atoms with Crippen LogP contribution in [0.1, 0.15) is 30.6 Å². The molecule has 1 rings (SSSR count). The lowest BCUT2D eigenvalue weighted by molar-refractivity contribution is 0.0740. The van der Waals surface area contributed by atoms with E-state index >= 15 is 0 Å². The number of amides is 1. The number of benzene rings is 1. The van der Waals surface area contributed by atoms with Crippen LogP contribution in [-0.2, 0) is 0 Å². The monoisotopic (exact) mass is 287 g/mol. The molecule has 1 unspecified atom stereocenters. The molecule has 1 amide bonds. The Kier molecular flexibility index (Phi) is 4.47. The molecule has 0 aromatic heterocycles. The Bertz CT molecular complexity index is 395. The van der Waals surface area contributed by atoms with E-state index in [0.29, 0.717) is 10.0 Å². The van der Waals surface area contributed by atoms with Crippen molar-refractivity contribution in [2.75, 3.05) is 7.05 Å². The normalized spacial score (nSPS) is 12.3. The Hall–Kier alpha value is -0.900. The van der Waals surface area contributed by atoms with E-state index in [9.17, 15) is 9.18 Å². The molecular formula is C12H15BrFNO. The third-order valence-corrected chi connectivity index (χ3v) is 3.35. The van der Waals surface area contributed by atoms with Gasteiger partial charge in [-0.25, -0.2) is 4.39 Å². The summed E-state index contributed by atoms with van der Waals surface area (Å²) in [6.45, 7) is 4.01. The Balaban J connectivity index is 2.92. The molecule has 2 nitrogen and oxygen atoms in total. The molecule has 0 aliphatic heterocycles. The third-order valence-electron chi connectivity index (χ3n) is 2.74. The minimum Gasteiger partial charge on any atom is -0.339 e. The zero-order valence-electron chi connectivity index (χ0n) is 9.63. The van der Waals surface area contributed by atoms with Crippen LogP contribution in [0, 0.1) is 5.82 Å². The number of halogens is 2. The fourth-order valence-corrected chi connectivity index (χ4v) is 1.69. The summed E-state index contributed by atoms with van der Waals surface area (Å²) >= 11 is 3.07. The summed E-state index contributed by atoms with van der Waals surface area (Å²) in [6.07, 6.45) is 0.893. The summed E-state index contributed by atoms with van der Waals surface area (Å²) in [5.41, 5.74) is 0.496. The van der Waals surface area contributed by atoms with Crippen LogP contribution in [0.5, 0.6) is 0 Å². The predicted octanol–water partition coefficient (Wildman–Crippen LogP) is 3.46. The van der Waals surface area contributed by atoms with Gasteiger partial charge in [0.15, 0.2) is 0 Å². The van der Waals surface area contributed by atoms with Crippen molar-refractivity contribution in [3.05, 3.63) is 34.1 Å². The van der Waals surface area contributed by atoms with Gasteiger partial charge in [-0.1, -0.05) is 6.92 Å². The average Bonchev–Trinajstić information content (AvgIpc) is 2.29. The number of hydrogen-bond donors (Lipinski definition) is 0. The molecule has 0 bridgehead atoms. The fourth-order valence-electron chi connectivity index (χ4n) is 1.31. The van der Waals surface area contributed by atoms with Gasteiger partial charge in [-0.15, -0.1) is 0 Å². The highest BCUT2D eigenvalue weighted by Crippen LogP contribution is 2.18. The van der Waals surface area contributed by atoms with Crippen molar-refractivity contribution in [2.45, 2.75) is 26.3 Å². The molecule has 1 aromatic carbocycles. The van der Waals surface area contributed by atoms with Gasteiger partial charge in [0.2, 0.25) is 0 Å². The number of rotatable bonds is 3. The molecule has 0 N–H and O–H groups in total. The van der Waals surface area contributed by atoms with Gasteiger partial charge in [-0.3, -0.25) is 4.79 Å². The Morgan fingerprint density at radius 1 is 1.56 bits per heavy atom. The highest BCUT2D eigenvalue weighted by molar-refractivity contribution is 9.10. The van der Waals surface area contributed by atoms with Gasteiger partial charge < -0.3 is 4.90 Å². The molecule has 0 aliphatic carbocycles. The van der Waals surface area contributed by atoms with Crippen LogP contribution in [-0.4, -0.2) is 23.9 Å². The number of carbonyl (C=O) groups is 1. The highest BCUT2D eigenvalue weighted by Gasteiger charge is 2.16. The van der Waals surface area contributed by atoms with E-state index in [0.717, 1.165) is 6.42 Å². The molecule has 0 heterocycles. The topological polar surface area (TPSA) is 20.3 Å². The predicted molar refractivity (Wildman–Crippen MR) is 65.9 cm³/mol. The van der Waals surface area contributed by atoms with Crippen molar-refractivity contribution in [1.29, 1.82) is 0 Å². The molecule has 88 valence electrons. The van der Waals surface area contributed by atoms with E-state index < -0.39 is 0 Å². The van der Waals surface area contributed by atoms with E-state index in [1.165, 1.54) is 18.2 Å². The lowest BCUT2D eigenvalue weighted by atomic mass is 10.1. The SMILES string of the molecule is CCC(C)N(C)C(=O)c1ccc(F)c(Br)c1. The molecular weight excluding hydrogens is 273 g/mol. The molecule has 0 aliphatic rings. The highest BCUT2D eigenvalue weighted by atomic mass is 79.9. The van der Waals surface area contributed by atoms with Crippen molar-refractivity contribution in [3.63, 3.8) is 0 Å². The summed E-state index contributed by atoms with van der Waals surface area (Å²) in [5.74, 6) is -0.446. The Labute approximate surface area is 104 Å². The minimum absolute atomic E-state index is 0.0879. The van der Waals surface area contributed by atoms with Gasteiger partial charge >= 0.3 is 0 Å². The summed E-state index contributed by atoms with van der Waals surface area (Å²) in [6, 6.07) is 4.48. The molecule has 4 heteroatoms. The van der Waals surface area contributed by atoms with Gasteiger partial charge in [0, 0.05) is 18.7 Å². The maximum atomic E-state index is 13.0. The van der Waals surface area contributed by atoms with Crippen molar-refractivity contribution in [3.8, 4) is 0 Å². The third kappa shape index (κ3) is 2.82. The molecule has 0 saturated carbocycles. The zero-order chi connectivity index (χ0) is 12.3. The molecule has 0 fully saturated rings. The van der Waals surface area contributed by atoms with Crippen molar-refractivity contribution in [1.82, 2.24) is 4.90 Å². The average molecular weight is 288 g/mol. The van der Waals surface area contributed by atoms with Crippen molar-refractivity contribution in [2.24, 2.45) is 0 Å². The van der Waals surface area contributed by atoms with Crippen LogP contribution < -0.4 is 0 Å². The molecule has 0 spiro atoms. The van der Waals surface area contributed by atoms with Crippen LogP contribution >= 0.6 is 15.9 Å². The first-order valence-electron chi connectivity index (χ1n) is 5.19. The first kappa shape index (κ1) is 13.2. The molecule has 0 saturated heterocycles. The summed E-state index contributed by atoms with van der Waals surface area (Å²) in [5, 5.41) is 0. The summed E-state index contributed by atoms with van der Waals surface area (Å²) in [7, 11) is 1.76. The van der Waals surface area contributed by atoms with E-state index in [2.05, 4.69) is 15.9 Å². The first-order valence-corrected chi connectivity index (χ1v) is 5.98. The lowest BCUT2D eigenvalue weighted by Crippen LogP contribution is -2.34. The standard InChI is InChI=1S/C12H15BrFNO/c1-4-8(2)15(3)12(16)9-5-6-11(14)10(13)7-9/h5-8H,4H2,1-3H3. The number of carbonyl (C=O) groups excluding carboxylic acids is 1. The second kappa shape index (κ2) is 5.43. The number of hydrogen-bond acceptors (Lipinski definition) is 1. The van der Waals surface area contributed by atoms with Crippen LogP contribution in [0.25, 0.3) is 0 Å². The molecule has 0 radical (unpaired) electrons. The van der Waals surface area contributed by atoms with E-state index in [1.807, 2.05) is 13.8 Å². The summed E-state index contributed by atoms with van der Waals surface area (Å²) < 4.78 is 13.3.